The van der Waals surface area contributed by atoms with E-state index in [0.717, 1.165) is 0 Å². The highest BCUT2D eigenvalue weighted by Crippen LogP contribution is 2.42. The molecule has 2 aromatic rings. The van der Waals surface area contributed by atoms with Crippen LogP contribution in [0.5, 0.6) is 0 Å². The number of hydrogen-bond acceptors (Lipinski definition) is 7. The van der Waals surface area contributed by atoms with Gasteiger partial charge in [0.2, 0.25) is 0 Å². The van der Waals surface area contributed by atoms with Gasteiger partial charge in [-0.1, -0.05) is 6.92 Å². The van der Waals surface area contributed by atoms with Crippen LogP contribution in [0.25, 0.3) is 5.52 Å². The van der Waals surface area contributed by atoms with Crippen LogP contribution < -0.4 is 0 Å². The lowest BCUT2D eigenvalue weighted by Gasteiger charge is -2.22. The third-order valence-corrected chi connectivity index (χ3v) is 4.33. The van der Waals surface area contributed by atoms with E-state index >= 15 is 0 Å². The zero-order chi connectivity index (χ0) is 18.2. The highest BCUT2D eigenvalue weighted by molar-refractivity contribution is 5.70. The summed E-state index contributed by atoms with van der Waals surface area (Å²) in [6.07, 6.45) is -0.175. The fraction of sp³-hybridized carbons (Fsp3) is 0.500. The maximum Gasteiger partial charge on any atom is 0.183 e. The predicted octanol–water partition coefficient (Wildman–Crippen LogP) is 0.416. The highest BCUT2D eigenvalue weighted by atomic mass is 16.6. The molecule has 4 atom stereocenters. The molecular formula is C16H20N6O3. The molecule has 0 bridgehead atoms. The number of rotatable bonds is 4. The van der Waals surface area contributed by atoms with E-state index in [1.54, 1.807) is 34.8 Å². The molecule has 0 saturated carbocycles. The minimum atomic E-state index is -1.44. The Labute approximate surface area is 144 Å². The van der Waals surface area contributed by atoms with E-state index in [4.69, 9.17) is 4.74 Å². The third kappa shape index (κ3) is 2.74. The Kier molecular flexibility index (Phi) is 4.43. The number of ether oxygens (including phenoxy) is 1. The number of nitrogens with zero attached hydrogens (tertiary/aromatic N) is 6. The summed E-state index contributed by atoms with van der Waals surface area (Å²) in [5, 5.41) is 34.3. The second-order valence-corrected chi connectivity index (χ2v) is 6.18. The van der Waals surface area contributed by atoms with Crippen molar-refractivity contribution >= 4 is 17.7 Å². The smallest absolute Gasteiger partial charge is 0.183 e. The normalized spacial score (nSPS) is 29.4. The van der Waals surface area contributed by atoms with Gasteiger partial charge in [-0.2, -0.15) is 10.4 Å². The van der Waals surface area contributed by atoms with Crippen molar-refractivity contribution in [1.29, 1.82) is 5.26 Å². The first-order valence-electron chi connectivity index (χ1n) is 7.92. The summed E-state index contributed by atoms with van der Waals surface area (Å²) < 4.78 is 7.33. The molecule has 0 spiro atoms. The van der Waals surface area contributed by atoms with Crippen molar-refractivity contribution in [2.45, 2.75) is 37.3 Å². The molecule has 0 amide bonds. The predicted molar refractivity (Wildman–Crippen MR) is 89.3 cm³/mol. The monoisotopic (exact) mass is 344 g/mol. The highest BCUT2D eigenvalue weighted by Gasteiger charge is 2.54. The fourth-order valence-corrected chi connectivity index (χ4v) is 2.93. The summed E-state index contributed by atoms with van der Waals surface area (Å²) >= 11 is 0. The van der Waals surface area contributed by atoms with Crippen LogP contribution in [0.2, 0.25) is 0 Å². The van der Waals surface area contributed by atoms with Crippen molar-refractivity contribution in [2.75, 3.05) is 14.1 Å². The molecule has 9 heteroatoms. The quantitative estimate of drug-likeness (QED) is 0.609. The zero-order valence-electron chi connectivity index (χ0n) is 14.2. The standard InChI is InChI=1S/C16H20N6O3/c1-4-16(7-17)14(24)12(23)13(25-16)10-5-6-11-15(19-9-21(2)3)18-8-20-22(10)11/h5-6,8-9,12-14,23-24H,4H2,1-3H3/b19-9-/t12-,13-,14-,16-/m0/s1. The molecule has 1 saturated heterocycles. The summed E-state index contributed by atoms with van der Waals surface area (Å²) in [6, 6.07) is 5.48. The van der Waals surface area contributed by atoms with Gasteiger partial charge in [-0.25, -0.2) is 14.5 Å². The minimum Gasteiger partial charge on any atom is -0.387 e. The molecule has 1 aliphatic rings. The van der Waals surface area contributed by atoms with Crippen LogP contribution in [-0.4, -0.2) is 68.0 Å². The molecule has 0 aliphatic carbocycles. The number of aliphatic hydroxyl groups excluding tert-OH is 2. The molecule has 0 unspecified atom stereocenters. The van der Waals surface area contributed by atoms with Gasteiger partial charge in [-0.3, -0.25) is 0 Å². The van der Waals surface area contributed by atoms with Gasteiger partial charge in [0.15, 0.2) is 11.4 Å². The lowest BCUT2D eigenvalue weighted by atomic mass is 9.93. The minimum absolute atomic E-state index is 0.259. The molecule has 3 rings (SSSR count). The summed E-state index contributed by atoms with van der Waals surface area (Å²) in [7, 11) is 3.70. The van der Waals surface area contributed by atoms with E-state index < -0.39 is 23.9 Å². The summed E-state index contributed by atoms with van der Waals surface area (Å²) in [4.78, 5) is 10.2. The molecular weight excluding hydrogens is 324 g/mol. The maximum absolute atomic E-state index is 10.4. The van der Waals surface area contributed by atoms with Crippen LogP contribution in [0.15, 0.2) is 23.5 Å². The largest absolute Gasteiger partial charge is 0.387 e. The first-order valence-corrected chi connectivity index (χ1v) is 7.92. The average molecular weight is 344 g/mol. The molecule has 2 N–H and O–H groups in total. The van der Waals surface area contributed by atoms with Crippen LogP contribution in [0, 0.1) is 11.3 Å². The van der Waals surface area contributed by atoms with Gasteiger partial charge in [-0.15, -0.1) is 0 Å². The maximum atomic E-state index is 10.4. The van der Waals surface area contributed by atoms with Gasteiger partial charge in [0, 0.05) is 14.1 Å². The third-order valence-electron chi connectivity index (χ3n) is 4.33. The summed E-state index contributed by atoms with van der Waals surface area (Å²) in [6.45, 7) is 1.73. The second kappa shape index (κ2) is 6.40. The molecule has 25 heavy (non-hydrogen) atoms. The number of hydrogen-bond donors (Lipinski definition) is 2. The van der Waals surface area contributed by atoms with Gasteiger partial charge < -0.3 is 19.8 Å². The molecule has 1 aliphatic heterocycles. The molecule has 132 valence electrons. The van der Waals surface area contributed by atoms with Gasteiger partial charge in [0.05, 0.1) is 12.0 Å². The van der Waals surface area contributed by atoms with Gasteiger partial charge in [-0.05, 0) is 18.6 Å². The summed E-state index contributed by atoms with van der Waals surface area (Å²) in [5.74, 6) is 0.463. The molecule has 2 aromatic heterocycles. The Morgan fingerprint density at radius 2 is 2.24 bits per heavy atom. The van der Waals surface area contributed by atoms with Crippen LogP contribution >= 0.6 is 0 Å². The Morgan fingerprint density at radius 1 is 1.48 bits per heavy atom. The number of fused-ring (bicyclic) bond motifs is 1. The Bertz CT molecular complexity index is 842. The SMILES string of the molecule is CC[C@@]1(C#N)O[C@@H](c2ccc3c(/N=C\N(C)C)ncnn23)[C@H](O)[C@@H]1O. The number of aliphatic imine (C=N–C) groups is 1. The van der Waals surface area contributed by atoms with Crippen molar-refractivity contribution in [1.82, 2.24) is 19.5 Å². The Balaban J connectivity index is 2.04. The van der Waals surface area contributed by atoms with Crippen molar-refractivity contribution in [3.8, 4) is 6.07 Å². The molecule has 1 fully saturated rings. The van der Waals surface area contributed by atoms with E-state index in [1.165, 1.54) is 6.33 Å². The van der Waals surface area contributed by atoms with E-state index in [2.05, 4.69) is 15.1 Å². The van der Waals surface area contributed by atoms with E-state index in [9.17, 15) is 15.5 Å². The van der Waals surface area contributed by atoms with Crippen LogP contribution in [-0.2, 0) is 4.74 Å². The molecule has 0 aromatic carbocycles. The number of aliphatic hydroxyl groups is 2. The van der Waals surface area contributed by atoms with Gasteiger partial charge in [0.25, 0.3) is 0 Å². The Morgan fingerprint density at radius 3 is 2.84 bits per heavy atom. The molecule has 0 radical (unpaired) electrons. The van der Waals surface area contributed by atoms with E-state index in [-0.39, 0.29) is 6.42 Å². The van der Waals surface area contributed by atoms with Crippen molar-refractivity contribution in [3.63, 3.8) is 0 Å². The van der Waals surface area contributed by atoms with Crippen LogP contribution in [0.1, 0.15) is 25.1 Å². The topological polar surface area (TPSA) is 119 Å². The van der Waals surface area contributed by atoms with Crippen molar-refractivity contribution in [3.05, 3.63) is 24.2 Å². The number of nitriles is 1. The van der Waals surface area contributed by atoms with E-state index in [0.29, 0.717) is 17.0 Å². The van der Waals surface area contributed by atoms with Crippen molar-refractivity contribution < 1.29 is 14.9 Å². The summed E-state index contributed by atoms with van der Waals surface area (Å²) in [5.41, 5.74) is -0.282. The lowest BCUT2D eigenvalue weighted by molar-refractivity contribution is -0.0469. The fourth-order valence-electron chi connectivity index (χ4n) is 2.93. The first-order chi connectivity index (χ1) is 11.9. The molecule has 9 nitrogen and oxygen atoms in total. The second-order valence-electron chi connectivity index (χ2n) is 6.18. The lowest BCUT2D eigenvalue weighted by Crippen LogP contribution is -2.41. The number of aromatic nitrogens is 3. The first kappa shape index (κ1) is 17.3. The van der Waals surface area contributed by atoms with Crippen LogP contribution in [0.4, 0.5) is 5.82 Å². The average Bonchev–Trinajstić information content (AvgIpc) is 3.14. The van der Waals surface area contributed by atoms with E-state index in [1.807, 2.05) is 20.2 Å². The zero-order valence-corrected chi connectivity index (χ0v) is 14.2. The van der Waals surface area contributed by atoms with Gasteiger partial charge >= 0.3 is 0 Å². The molecule has 3 heterocycles. The van der Waals surface area contributed by atoms with Gasteiger partial charge in [0.1, 0.15) is 36.2 Å². The van der Waals surface area contributed by atoms with Crippen LogP contribution in [0.3, 0.4) is 0 Å². The Hall–Kier alpha value is -2.54. The van der Waals surface area contributed by atoms with Crippen molar-refractivity contribution in [2.24, 2.45) is 4.99 Å².